The Hall–Kier alpha value is -3.28. The highest BCUT2D eigenvalue weighted by molar-refractivity contribution is 6.31. The van der Waals surface area contributed by atoms with E-state index in [1.54, 1.807) is 13.0 Å². The Morgan fingerprint density at radius 3 is 2.51 bits per heavy atom. The fraction of sp³-hybridized carbons (Fsp3) is 0.448. The van der Waals surface area contributed by atoms with Crippen LogP contribution in [0.25, 0.3) is 0 Å². The maximum absolute atomic E-state index is 13.7. The molecule has 6 atom stereocenters. The number of carbonyl (C=O) groups is 2. The molecule has 39 heavy (non-hydrogen) atoms. The molecule has 1 aliphatic heterocycles. The Kier molecular flexibility index (Phi) is 6.80. The maximum atomic E-state index is 13.7. The van der Waals surface area contributed by atoms with Crippen LogP contribution in [-0.4, -0.2) is 69.2 Å². The van der Waals surface area contributed by atoms with Gasteiger partial charge in [-0.15, -0.1) is 0 Å². The third kappa shape index (κ3) is 4.14. The highest BCUT2D eigenvalue weighted by atomic mass is 16.7. The van der Waals surface area contributed by atoms with Crippen LogP contribution in [-0.2, 0) is 15.9 Å². The van der Waals surface area contributed by atoms with Crippen LogP contribution < -0.4 is 10.5 Å². The van der Waals surface area contributed by atoms with Crippen LogP contribution in [0.3, 0.4) is 0 Å². The average Bonchev–Trinajstić information content (AvgIpc) is 2.90. The van der Waals surface area contributed by atoms with Gasteiger partial charge in [0.15, 0.2) is 12.1 Å². The lowest BCUT2D eigenvalue weighted by molar-refractivity contribution is -0.246. The number of fused-ring (bicyclic) bond motifs is 3. The first-order valence-electron chi connectivity index (χ1n) is 13.0. The van der Waals surface area contributed by atoms with E-state index in [0.717, 1.165) is 0 Å². The summed E-state index contributed by atoms with van der Waals surface area (Å²) in [5.74, 6) is -2.20. The van der Waals surface area contributed by atoms with Gasteiger partial charge in [-0.25, -0.2) is 0 Å². The Bertz CT molecular complexity index is 1370. The summed E-state index contributed by atoms with van der Waals surface area (Å²) in [6, 6.07) is 3.91. The quantitative estimate of drug-likeness (QED) is 0.240. The average molecular weight is 540 g/mol. The number of benzene rings is 2. The van der Waals surface area contributed by atoms with Crippen molar-refractivity contribution in [2.24, 2.45) is 5.73 Å². The van der Waals surface area contributed by atoms with Gasteiger partial charge in [0.25, 0.3) is 0 Å². The molecule has 0 spiro atoms. The summed E-state index contributed by atoms with van der Waals surface area (Å²) in [7, 11) is 1.37. The molecule has 10 heteroatoms. The number of carbonyl (C=O) groups excluding carboxylic acids is 2. The highest BCUT2D eigenvalue weighted by Crippen LogP contribution is 2.53. The van der Waals surface area contributed by atoms with E-state index >= 15 is 0 Å². The van der Waals surface area contributed by atoms with Crippen molar-refractivity contribution in [2.45, 2.75) is 75.8 Å². The van der Waals surface area contributed by atoms with Crippen LogP contribution in [0.5, 0.6) is 17.2 Å². The largest absolute Gasteiger partial charge is 0.507 e. The smallest absolute Gasteiger partial charge is 0.202 e. The molecule has 208 valence electrons. The monoisotopic (exact) mass is 539 g/mol. The summed E-state index contributed by atoms with van der Waals surface area (Å²) in [4.78, 5) is 27.3. The third-order valence-electron chi connectivity index (χ3n) is 8.23. The lowest BCUT2D eigenvalue weighted by atomic mass is 9.70. The van der Waals surface area contributed by atoms with Crippen molar-refractivity contribution in [3.63, 3.8) is 0 Å². The van der Waals surface area contributed by atoms with Crippen molar-refractivity contribution in [2.75, 3.05) is 7.11 Å². The van der Waals surface area contributed by atoms with E-state index in [0.29, 0.717) is 12.0 Å². The Morgan fingerprint density at radius 2 is 1.87 bits per heavy atom. The predicted molar refractivity (Wildman–Crippen MR) is 139 cm³/mol. The van der Waals surface area contributed by atoms with Gasteiger partial charge in [0, 0.05) is 42.0 Å². The van der Waals surface area contributed by atoms with E-state index in [1.807, 2.05) is 6.92 Å². The van der Waals surface area contributed by atoms with E-state index in [-0.39, 0.29) is 58.4 Å². The summed E-state index contributed by atoms with van der Waals surface area (Å²) >= 11 is 0. The number of hydrogen-bond donors (Lipinski definition) is 5. The molecule has 0 aromatic heterocycles. The van der Waals surface area contributed by atoms with E-state index in [1.165, 1.54) is 19.2 Å². The van der Waals surface area contributed by atoms with Crippen molar-refractivity contribution in [3.8, 4) is 17.2 Å². The lowest BCUT2D eigenvalue weighted by Crippen LogP contribution is -2.52. The molecular weight excluding hydrogens is 506 g/mol. The second kappa shape index (κ2) is 9.72. The van der Waals surface area contributed by atoms with E-state index in [4.69, 9.17) is 19.9 Å². The summed E-state index contributed by atoms with van der Waals surface area (Å²) in [6.45, 7) is 7.48. The first-order valence-corrected chi connectivity index (χ1v) is 13.0. The molecule has 0 bridgehead atoms. The molecule has 5 rings (SSSR count). The molecule has 3 aliphatic rings. The topological polar surface area (TPSA) is 169 Å². The fourth-order valence-corrected chi connectivity index (χ4v) is 5.99. The van der Waals surface area contributed by atoms with Crippen LogP contribution in [0.15, 0.2) is 30.4 Å². The van der Waals surface area contributed by atoms with Gasteiger partial charge >= 0.3 is 0 Å². The molecule has 6 N–H and O–H groups in total. The Labute approximate surface area is 225 Å². The normalized spacial score (nSPS) is 29.8. The van der Waals surface area contributed by atoms with Crippen molar-refractivity contribution in [1.29, 1.82) is 0 Å². The summed E-state index contributed by atoms with van der Waals surface area (Å²) in [5.41, 5.74) is 4.50. The second-order valence-corrected chi connectivity index (χ2v) is 10.5. The van der Waals surface area contributed by atoms with Crippen LogP contribution in [0.1, 0.15) is 82.2 Å². The molecule has 0 saturated carbocycles. The molecule has 1 fully saturated rings. The van der Waals surface area contributed by atoms with Crippen molar-refractivity contribution >= 4 is 11.6 Å². The minimum atomic E-state index is -1.55. The number of ether oxygens (including phenoxy) is 3. The molecule has 0 unspecified atom stereocenters. The number of aliphatic hydroxyl groups excluding tert-OH is 1. The maximum Gasteiger partial charge on any atom is 0.202 e. The lowest BCUT2D eigenvalue weighted by Gasteiger charge is -2.43. The number of phenols is 2. The zero-order valence-corrected chi connectivity index (χ0v) is 22.1. The van der Waals surface area contributed by atoms with Gasteiger partial charge < -0.3 is 40.4 Å². The van der Waals surface area contributed by atoms with Gasteiger partial charge in [-0.1, -0.05) is 25.6 Å². The third-order valence-corrected chi connectivity index (χ3v) is 8.23. The van der Waals surface area contributed by atoms with Crippen molar-refractivity contribution in [3.05, 3.63) is 63.7 Å². The molecule has 2 aromatic rings. The van der Waals surface area contributed by atoms with Crippen LogP contribution in [0.4, 0.5) is 0 Å². The first kappa shape index (κ1) is 27.3. The van der Waals surface area contributed by atoms with Crippen molar-refractivity contribution in [1.82, 2.24) is 0 Å². The zero-order chi connectivity index (χ0) is 28.4. The number of aromatic hydroxyl groups is 2. The Morgan fingerprint density at radius 1 is 1.18 bits per heavy atom. The van der Waals surface area contributed by atoms with Gasteiger partial charge in [0.2, 0.25) is 5.78 Å². The van der Waals surface area contributed by atoms with E-state index < -0.39 is 59.3 Å². The van der Waals surface area contributed by atoms with Crippen LogP contribution >= 0.6 is 0 Å². The SMILES string of the molecule is C=C(CC)[C@]1(O)Cc2c(O)c3c(c(O)c2[C@@H](O[C@H]2C[C@H](N)[C@H](O)[C@H](C)O2)C1)C(=O)c1c(OC)cccc1C3=O. The van der Waals surface area contributed by atoms with Gasteiger partial charge in [-0.2, -0.15) is 0 Å². The summed E-state index contributed by atoms with van der Waals surface area (Å²) < 4.78 is 17.3. The summed E-state index contributed by atoms with van der Waals surface area (Å²) in [6.07, 6.45) is -3.19. The van der Waals surface area contributed by atoms with Crippen LogP contribution in [0, 0.1) is 0 Å². The number of aliphatic hydroxyl groups is 2. The van der Waals surface area contributed by atoms with Gasteiger partial charge in [0.05, 0.1) is 47.7 Å². The standard InChI is InChI=1S/C29H33NO9/c1-5-12(2)29(36)10-15-21(18(11-29)39-19-9-16(30)24(31)13(3)38-19)28(35)23-22(26(15)33)25(32)14-7-6-8-17(37-4)20(14)27(23)34/h6-8,13,16,18-19,24,31,33,35-36H,2,5,9-11,30H2,1,3-4H3/t13-,16-,18-,19-,24+,29-/m0/s1. The molecule has 1 saturated heterocycles. The first-order chi connectivity index (χ1) is 18.4. The molecule has 2 aliphatic carbocycles. The molecule has 0 radical (unpaired) electrons. The minimum Gasteiger partial charge on any atom is -0.507 e. The number of methoxy groups -OCH3 is 1. The predicted octanol–water partition coefficient (Wildman–Crippen LogP) is 2.41. The molecule has 2 aromatic carbocycles. The molecule has 10 nitrogen and oxygen atoms in total. The highest BCUT2D eigenvalue weighted by Gasteiger charge is 2.48. The molecular formula is C29H33NO9. The molecule has 1 heterocycles. The van der Waals surface area contributed by atoms with Gasteiger partial charge in [-0.05, 0) is 25.0 Å². The van der Waals surface area contributed by atoms with E-state index in [9.17, 15) is 30.0 Å². The van der Waals surface area contributed by atoms with Crippen LogP contribution in [0.2, 0.25) is 0 Å². The number of phenolic OH excluding ortho intramolecular Hbond substituents is 2. The Balaban J connectivity index is 1.69. The zero-order valence-electron chi connectivity index (χ0n) is 22.1. The molecule has 0 amide bonds. The number of rotatable bonds is 5. The number of hydrogen-bond acceptors (Lipinski definition) is 10. The van der Waals surface area contributed by atoms with Gasteiger partial charge in [0.1, 0.15) is 17.2 Å². The summed E-state index contributed by atoms with van der Waals surface area (Å²) in [5, 5.41) is 44.9. The van der Waals surface area contributed by atoms with E-state index in [2.05, 4.69) is 6.58 Å². The number of nitrogens with two attached hydrogens (primary N) is 1. The van der Waals surface area contributed by atoms with Gasteiger partial charge in [-0.3, -0.25) is 9.59 Å². The fourth-order valence-electron chi connectivity index (χ4n) is 5.99. The second-order valence-electron chi connectivity index (χ2n) is 10.5. The minimum absolute atomic E-state index is 0.0132. The number of ketones is 2. The van der Waals surface area contributed by atoms with Crippen molar-refractivity contribution < 1.29 is 44.2 Å².